The van der Waals surface area contributed by atoms with Crippen LogP contribution >= 0.6 is 7.82 Å². The van der Waals surface area contributed by atoms with Crippen molar-refractivity contribution in [2.75, 3.05) is 20.3 Å². The molecule has 1 amide bonds. The molecule has 24 nitrogen and oxygen atoms in total. The first kappa shape index (κ1) is 77.8. The molecule has 5 aromatic carbocycles. The van der Waals surface area contributed by atoms with Crippen LogP contribution in [0.4, 0.5) is 0 Å². The third kappa shape index (κ3) is 23.3. The maximum atomic E-state index is 15.3. The molecule has 0 radical (unpaired) electrons. The number of carbonyl (C=O) groups excluding carboxylic acids is 4. The first-order valence-electron chi connectivity index (χ1n) is 34.0. The molecule has 99 heavy (non-hydrogen) atoms. The van der Waals surface area contributed by atoms with E-state index in [0.29, 0.717) is 29.7 Å². The summed E-state index contributed by atoms with van der Waals surface area (Å²) < 4.78 is 112. The number of ether oxygens (including phenoxy) is 11. The van der Waals surface area contributed by atoms with Crippen molar-refractivity contribution in [1.29, 1.82) is 0 Å². The molecule has 2 saturated heterocycles. The number of phosphoric acid groups is 1. The van der Waals surface area contributed by atoms with Crippen LogP contribution in [0.5, 0.6) is 5.75 Å². The molecular formula is C73H97N4O20PSi. The second-order valence-electron chi connectivity index (χ2n) is 26.1. The predicted molar refractivity (Wildman–Crippen MR) is 367 cm³/mol. The van der Waals surface area contributed by atoms with Crippen molar-refractivity contribution in [2.45, 2.75) is 231 Å². The van der Waals surface area contributed by atoms with E-state index in [1.165, 1.54) is 0 Å². The highest BCUT2D eigenvalue weighted by Crippen LogP contribution is 2.55. The van der Waals surface area contributed by atoms with Gasteiger partial charge in [0.25, 0.3) is 0 Å². The van der Waals surface area contributed by atoms with Crippen molar-refractivity contribution in [3.63, 3.8) is 0 Å². The molecule has 2 fully saturated rings. The van der Waals surface area contributed by atoms with E-state index in [-0.39, 0.29) is 78.4 Å². The van der Waals surface area contributed by atoms with Gasteiger partial charge in [-0.1, -0.05) is 181 Å². The van der Waals surface area contributed by atoms with Crippen LogP contribution in [0.15, 0.2) is 145 Å². The minimum atomic E-state index is -4.71. The number of nitrogens with zero attached hydrogens (tertiary/aromatic N) is 3. The molecule has 538 valence electrons. The zero-order valence-corrected chi connectivity index (χ0v) is 60.2. The van der Waals surface area contributed by atoms with E-state index in [4.69, 9.17) is 70.1 Å². The fourth-order valence-corrected chi connectivity index (χ4v) is 13.5. The van der Waals surface area contributed by atoms with Crippen LogP contribution in [-0.4, -0.2) is 132 Å². The summed E-state index contributed by atoms with van der Waals surface area (Å²) in [4.78, 5) is 60.7. The van der Waals surface area contributed by atoms with Crippen LogP contribution in [0.1, 0.15) is 127 Å². The number of amides is 1. The van der Waals surface area contributed by atoms with Gasteiger partial charge in [0.05, 0.1) is 91.4 Å². The van der Waals surface area contributed by atoms with Crippen LogP contribution in [0.2, 0.25) is 18.1 Å². The lowest BCUT2D eigenvalue weighted by Gasteiger charge is -2.49. The minimum Gasteiger partial charge on any atom is -0.497 e. The van der Waals surface area contributed by atoms with Crippen molar-refractivity contribution in [3.05, 3.63) is 183 Å². The standard InChI is InChI=1S/C73H97N4O20PSi/c1-11-55(85-42-50-28-20-16-21-29-50)40-64(81)95-70-66(76-77-74)72(97-99(9,10)73(5,6)7)93-60(67(70)87-44-51-30-22-17-23-31-51)48-88-71-65(75-61(78)38-57(13-3)91-62(79)14-4)69(94-63(80)39-56(12-2)86-43-52-34-36-58(83-8)37-35-52)68(59(92-71)47-84-41-49-26-18-15-19-27-49)96-98(82)89-45-53-32-24-25-33-54(53)46-90-98/h15-37,55-57,59-60,65-72H,11-14,38-48H2,1-10H3,(H,75,78)/t55-,56-,57-,59?,60?,65?,66?,67+,68+,69-,70-,71-,72?/m1/s1. The maximum Gasteiger partial charge on any atom is 0.475 e. The molecular weight excluding hydrogens is 1310 g/mol. The molecule has 0 saturated carbocycles. The highest BCUT2D eigenvalue weighted by atomic mass is 31.2. The Balaban J connectivity index is 1.22. The largest absolute Gasteiger partial charge is 0.497 e. The number of azide groups is 1. The van der Waals surface area contributed by atoms with Gasteiger partial charge in [0.2, 0.25) is 5.91 Å². The first-order chi connectivity index (χ1) is 47.6. The topological polar surface area (TPSA) is 285 Å². The van der Waals surface area contributed by atoms with E-state index in [2.05, 4.69) is 15.3 Å². The highest BCUT2D eigenvalue weighted by Gasteiger charge is 2.56. The summed E-state index contributed by atoms with van der Waals surface area (Å²) in [5.74, 6) is -2.10. The van der Waals surface area contributed by atoms with Gasteiger partial charge >= 0.3 is 25.7 Å². The van der Waals surface area contributed by atoms with Crippen LogP contribution in [0, 0.1) is 0 Å². The minimum absolute atomic E-state index is 0.0404. The fraction of sp³-hybridized carbons (Fsp3) is 0.534. The van der Waals surface area contributed by atoms with E-state index in [1.807, 2.05) is 175 Å². The number of fused-ring (bicyclic) bond motifs is 1. The monoisotopic (exact) mass is 1410 g/mol. The number of phosphoric ester groups is 1. The average Bonchev–Trinajstić information content (AvgIpc) is 1.08. The predicted octanol–water partition coefficient (Wildman–Crippen LogP) is 13.4. The van der Waals surface area contributed by atoms with E-state index in [0.717, 1.165) is 22.3 Å². The van der Waals surface area contributed by atoms with Crippen LogP contribution in [0.3, 0.4) is 0 Å². The molecule has 5 unspecified atom stereocenters. The van der Waals surface area contributed by atoms with Crippen molar-refractivity contribution < 1.29 is 93.8 Å². The Kier molecular flexibility index (Phi) is 30.0. The molecule has 0 bridgehead atoms. The average molecular weight is 1410 g/mol. The molecule has 26 heteroatoms. The fourth-order valence-electron chi connectivity index (χ4n) is 11.0. The van der Waals surface area contributed by atoms with Gasteiger partial charge in [-0.2, -0.15) is 0 Å². The SMILES string of the molecule is CCC(=O)O[C@H](CC)CC(=O)NC1[C@H](OCC2OC(O[Si](C)(C)C(C)(C)C)C(N=[N+]=[N-])[C@@H](OC(=O)C[C@@H](CC)OCc3ccccc3)[C@H]2OCc2ccccc2)OC(COCc2ccccc2)[C@H](OP2(=O)OCc3ccccc3CO2)[C@@H]1OC(=O)C[C@@H](CC)OCc1ccc(OC)cc1. The lowest BCUT2D eigenvalue weighted by atomic mass is 9.95. The van der Waals surface area contributed by atoms with Crippen LogP contribution in [0.25, 0.3) is 10.4 Å². The van der Waals surface area contributed by atoms with Gasteiger partial charge in [0.15, 0.2) is 27.0 Å². The third-order valence-electron chi connectivity index (χ3n) is 17.9. The quantitative estimate of drug-likeness (QED) is 0.00741. The second kappa shape index (κ2) is 38.2. The molecule has 1 N–H and O–H groups in total. The first-order valence-corrected chi connectivity index (χ1v) is 38.3. The van der Waals surface area contributed by atoms with E-state index in [9.17, 15) is 19.9 Å². The second-order valence-corrected chi connectivity index (χ2v) is 32.5. The van der Waals surface area contributed by atoms with E-state index in [1.54, 1.807) is 33.1 Å². The maximum absolute atomic E-state index is 15.3. The smallest absolute Gasteiger partial charge is 0.475 e. The lowest BCUT2D eigenvalue weighted by molar-refractivity contribution is -0.301. The Labute approximate surface area is 581 Å². The van der Waals surface area contributed by atoms with Gasteiger partial charge in [-0.15, -0.1) is 0 Å². The third-order valence-corrected chi connectivity index (χ3v) is 23.7. The zero-order chi connectivity index (χ0) is 71.0. The summed E-state index contributed by atoms with van der Waals surface area (Å²) in [6.07, 6.45) is -13.8. The number of hydrogen-bond acceptors (Lipinski definition) is 21. The van der Waals surface area contributed by atoms with E-state index >= 15 is 9.36 Å². The summed E-state index contributed by atoms with van der Waals surface area (Å²) in [5, 5.41) is 6.82. The van der Waals surface area contributed by atoms with Crippen LogP contribution < -0.4 is 10.1 Å². The number of esters is 3. The van der Waals surface area contributed by atoms with Gasteiger partial charge in [-0.05, 0) is 88.4 Å². The van der Waals surface area contributed by atoms with Crippen molar-refractivity contribution in [3.8, 4) is 5.75 Å². The number of rotatable bonds is 36. The summed E-state index contributed by atoms with van der Waals surface area (Å²) >= 11 is 0. The number of nitrogens with one attached hydrogen (secondary N) is 1. The number of hydrogen-bond donors (Lipinski definition) is 1. The molecule has 3 aliphatic rings. The molecule has 0 aromatic heterocycles. The number of carbonyl (C=O) groups is 4. The molecule has 13 atom stereocenters. The summed E-state index contributed by atoms with van der Waals surface area (Å²) in [7, 11) is -6.03. The molecule has 5 aromatic rings. The van der Waals surface area contributed by atoms with Gasteiger partial charge in [-0.25, -0.2) is 4.57 Å². The Morgan fingerprint density at radius 3 is 1.64 bits per heavy atom. The summed E-state index contributed by atoms with van der Waals surface area (Å²) in [6, 6.07) is 39.7. The molecule has 8 rings (SSSR count). The van der Waals surface area contributed by atoms with Gasteiger partial charge in [0.1, 0.15) is 54.5 Å². The molecule has 0 aliphatic carbocycles. The van der Waals surface area contributed by atoms with Crippen molar-refractivity contribution in [1.82, 2.24) is 5.32 Å². The highest BCUT2D eigenvalue weighted by molar-refractivity contribution is 7.48. The lowest BCUT2D eigenvalue weighted by Crippen LogP contribution is -2.67. The molecule has 3 heterocycles. The normalized spacial score (nSPS) is 23.2. The van der Waals surface area contributed by atoms with Gasteiger partial charge < -0.3 is 61.8 Å². The van der Waals surface area contributed by atoms with Crippen molar-refractivity contribution >= 4 is 40.0 Å². The Morgan fingerprint density at radius 1 is 0.606 bits per heavy atom. The Hall–Kier alpha value is -6.90. The molecule has 3 aliphatic heterocycles. The Bertz CT molecular complexity index is 3390. The molecule has 0 spiro atoms. The Morgan fingerprint density at radius 2 is 1.11 bits per heavy atom. The van der Waals surface area contributed by atoms with Crippen LogP contribution in [-0.2, 0) is 129 Å². The zero-order valence-electron chi connectivity index (χ0n) is 58.3. The van der Waals surface area contributed by atoms with E-state index < -0.39 is 131 Å². The summed E-state index contributed by atoms with van der Waals surface area (Å²) in [6.45, 7) is 16.3. The van der Waals surface area contributed by atoms with Crippen molar-refractivity contribution in [2.24, 2.45) is 5.11 Å². The number of methoxy groups -OCH3 is 1. The van der Waals surface area contributed by atoms with Gasteiger partial charge in [0, 0.05) is 11.3 Å². The summed E-state index contributed by atoms with van der Waals surface area (Å²) in [5.41, 5.74) is 15.0. The van der Waals surface area contributed by atoms with Gasteiger partial charge in [-0.3, -0.25) is 32.7 Å². The number of benzene rings is 5.